The summed E-state index contributed by atoms with van der Waals surface area (Å²) in [5.74, 6) is 1.38. The van der Waals surface area contributed by atoms with Crippen molar-refractivity contribution in [3.63, 3.8) is 0 Å². The minimum atomic E-state index is -3.56. The van der Waals surface area contributed by atoms with Gasteiger partial charge < -0.3 is 9.64 Å². The van der Waals surface area contributed by atoms with Crippen LogP contribution in [0, 0.1) is 0 Å². The van der Waals surface area contributed by atoms with E-state index in [9.17, 15) is 8.42 Å². The predicted octanol–water partition coefficient (Wildman–Crippen LogP) is 6.52. The summed E-state index contributed by atoms with van der Waals surface area (Å²) in [6.07, 6.45) is 6.79. The number of fused-ring (bicyclic) bond motifs is 2. The SMILES string of the molecule is CCCCCCCOc1ccc2c(c1)N(CCCCl)c1cccc(S(=O)(=O)N(C)C)c1S2. The van der Waals surface area contributed by atoms with Gasteiger partial charge in [-0.05, 0) is 37.1 Å². The Hall–Kier alpha value is -1.41. The topological polar surface area (TPSA) is 49.9 Å². The number of hydrogen-bond donors (Lipinski definition) is 0. The minimum absolute atomic E-state index is 0.332. The van der Waals surface area contributed by atoms with Crippen LogP contribution in [0.1, 0.15) is 45.4 Å². The second kappa shape index (κ2) is 11.6. The fourth-order valence-electron chi connectivity index (χ4n) is 3.70. The number of sulfonamides is 1. The van der Waals surface area contributed by atoms with Gasteiger partial charge in [-0.3, -0.25) is 0 Å². The molecule has 0 bridgehead atoms. The second-order valence-electron chi connectivity index (χ2n) is 8.08. The molecule has 5 nitrogen and oxygen atoms in total. The first-order valence-corrected chi connectivity index (χ1v) is 14.0. The molecule has 0 amide bonds. The Morgan fingerprint density at radius 2 is 1.81 bits per heavy atom. The number of ether oxygens (including phenoxy) is 1. The molecule has 3 rings (SSSR count). The van der Waals surface area contributed by atoms with Crippen molar-refractivity contribution in [2.24, 2.45) is 0 Å². The molecular weight excluding hydrogens is 464 g/mol. The lowest BCUT2D eigenvalue weighted by atomic mass is 10.2. The van der Waals surface area contributed by atoms with Gasteiger partial charge in [0.05, 0.1) is 27.8 Å². The molecule has 0 aliphatic carbocycles. The molecule has 0 radical (unpaired) electrons. The fourth-order valence-corrected chi connectivity index (χ4v) is 6.32. The Balaban J connectivity index is 1.89. The number of benzene rings is 2. The summed E-state index contributed by atoms with van der Waals surface area (Å²) in [6, 6.07) is 11.6. The van der Waals surface area contributed by atoms with E-state index in [0.29, 0.717) is 23.9 Å². The Labute approximate surface area is 202 Å². The van der Waals surface area contributed by atoms with Gasteiger partial charge in [0.15, 0.2) is 0 Å². The summed E-state index contributed by atoms with van der Waals surface area (Å²) in [5.41, 5.74) is 1.93. The molecule has 1 aliphatic rings. The van der Waals surface area contributed by atoms with Crippen molar-refractivity contribution in [2.45, 2.75) is 60.1 Å². The molecule has 0 N–H and O–H groups in total. The first kappa shape index (κ1) is 25.2. The van der Waals surface area contributed by atoms with Crippen molar-refractivity contribution in [3.05, 3.63) is 36.4 Å². The highest BCUT2D eigenvalue weighted by Crippen LogP contribution is 2.51. The largest absolute Gasteiger partial charge is 0.494 e. The zero-order chi connectivity index (χ0) is 23.1. The first-order valence-electron chi connectivity index (χ1n) is 11.2. The Kier molecular flexibility index (Phi) is 9.17. The normalized spacial score (nSPS) is 13.2. The first-order chi connectivity index (χ1) is 15.4. The molecule has 2 aromatic carbocycles. The van der Waals surface area contributed by atoms with Gasteiger partial charge in [-0.2, -0.15) is 0 Å². The Morgan fingerprint density at radius 1 is 1.03 bits per heavy atom. The van der Waals surface area contributed by atoms with Crippen LogP contribution in [0.15, 0.2) is 51.1 Å². The van der Waals surface area contributed by atoms with Gasteiger partial charge in [0, 0.05) is 37.5 Å². The number of unbranched alkanes of at least 4 members (excludes halogenated alkanes) is 4. The summed E-state index contributed by atoms with van der Waals surface area (Å²) >= 11 is 7.51. The van der Waals surface area contributed by atoms with Gasteiger partial charge in [0.2, 0.25) is 10.0 Å². The van der Waals surface area contributed by atoms with E-state index >= 15 is 0 Å². The van der Waals surface area contributed by atoms with Crippen molar-refractivity contribution in [2.75, 3.05) is 38.0 Å². The average Bonchev–Trinajstić information content (AvgIpc) is 2.78. The summed E-state index contributed by atoms with van der Waals surface area (Å²) in [6.45, 7) is 3.63. The number of nitrogens with zero attached hydrogens (tertiary/aromatic N) is 2. The highest BCUT2D eigenvalue weighted by molar-refractivity contribution is 8.00. The molecule has 0 fully saturated rings. The molecule has 8 heteroatoms. The lowest BCUT2D eigenvalue weighted by Crippen LogP contribution is -2.26. The smallest absolute Gasteiger partial charge is 0.243 e. The molecule has 32 heavy (non-hydrogen) atoms. The lowest BCUT2D eigenvalue weighted by molar-refractivity contribution is 0.304. The predicted molar refractivity (Wildman–Crippen MR) is 134 cm³/mol. The second-order valence-corrected chi connectivity index (χ2v) is 11.6. The highest BCUT2D eigenvalue weighted by Gasteiger charge is 2.30. The maximum absolute atomic E-state index is 13.0. The molecule has 0 saturated carbocycles. The van der Waals surface area contributed by atoms with E-state index < -0.39 is 10.0 Å². The Morgan fingerprint density at radius 3 is 2.53 bits per heavy atom. The monoisotopic (exact) mass is 496 g/mol. The molecular formula is C24H33ClN2O3S2. The quantitative estimate of drug-likeness (QED) is 0.247. The van der Waals surface area contributed by atoms with Gasteiger partial charge in [0.1, 0.15) is 5.75 Å². The summed E-state index contributed by atoms with van der Waals surface area (Å²) in [4.78, 5) is 4.28. The van der Waals surface area contributed by atoms with Crippen molar-refractivity contribution in [3.8, 4) is 5.75 Å². The van der Waals surface area contributed by atoms with Crippen molar-refractivity contribution in [1.29, 1.82) is 0 Å². The number of halogens is 1. The lowest BCUT2D eigenvalue weighted by Gasteiger charge is -2.34. The minimum Gasteiger partial charge on any atom is -0.494 e. The van der Waals surface area contributed by atoms with Gasteiger partial charge in [-0.15, -0.1) is 11.6 Å². The van der Waals surface area contributed by atoms with E-state index in [-0.39, 0.29) is 0 Å². The van der Waals surface area contributed by atoms with E-state index in [2.05, 4.69) is 17.9 Å². The van der Waals surface area contributed by atoms with Gasteiger partial charge in [-0.1, -0.05) is 50.4 Å². The van der Waals surface area contributed by atoms with Crippen LogP contribution in [0.2, 0.25) is 0 Å². The molecule has 0 atom stereocenters. The summed E-state index contributed by atoms with van der Waals surface area (Å²) in [7, 11) is -0.434. The Bertz CT molecular complexity index is 1010. The number of rotatable bonds is 12. The average molecular weight is 497 g/mol. The van der Waals surface area contributed by atoms with Crippen LogP contribution in [-0.2, 0) is 10.0 Å². The molecule has 0 aromatic heterocycles. The van der Waals surface area contributed by atoms with E-state index in [1.807, 2.05) is 24.3 Å². The third-order valence-electron chi connectivity index (χ3n) is 5.47. The molecule has 0 unspecified atom stereocenters. The van der Waals surface area contributed by atoms with E-state index in [1.165, 1.54) is 41.8 Å². The van der Waals surface area contributed by atoms with E-state index in [1.54, 1.807) is 20.2 Å². The zero-order valence-corrected chi connectivity index (χ0v) is 21.5. The standard InChI is InChI=1S/C24H33ClN2O3S2/c1-4-5-6-7-8-17-30-19-13-14-22-21(18-19)27(16-10-15-25)20-11-9-12-23(24(20)31-22)32(28,29)26(2)3/h9,11-14,18H,4-8,10,15-17H2,1-3H3. The number of alkyl halides is 1. The number of hydrogen-bond acceptors (Lipinski definition) is 5. The van der Waals surface area contributed by atoms with Crippen molar-refractivity contribution in [1.82, 2.24) is 4.31 Å². The van der Waals surface area contributed by atoms with Gasteiger partial charge >= 0.3 is 0 Å². The molecule has 1 heterocycles. The van der Waals surface area contributed by atoms with Crippen molar-refractivity contribution < 1.29 is 13.2 Å². The molecule has 176 valence electrons. The van der Waals surface area contributed by atoms with E-state index in [4.69, 9.17) is 16.3 Å². The van der Waals surface area contributed by atoms with Crippen LogP contribution in [-0.4, -0.2) is 45.8 Å². The third-order valence-corrected chi connectivity index (χ3v) is 8.92. The summed E-state index contributed by atoms with van der Waals surface area (Å²) < 4.78 is 33.2. The summed E-state index contributed by atoms with van der Waals surface area (Å²) in [5, 5.41) is 0. The van der Waals surface area contributed by atoms with Crippen LogP contribution < -0.4 is 9.64 Å². The van der Waals surface area contributed by atoms with Crippen LogP contribution in [0.3, 0.4) is 0 Å². The molecule has 0 saturated heterocycles. The molecule has 2 aromatic rings. The molecule has 0 spiro atoms. The zero-order valence-electron chi connectivity index (χ0n) is 19.1. The van der Waals surface area contributed by atoms with Crippen LogP contribution in [0.4, 0.5) is 11.4 Å². The van der Waals surface area contributed by atoms with Gasteiger partial charge in [0.25, 0.3) is 0 Å². The molecule has 1 aliphatic heterocycles. The van der Waals surface area contributed by atoms with Crippen molar-refractivity contribution >= 4 is 44.8 Å². The third kappa shape index (κ3) is 5.74. The maximum Gasteiger partial charge on any atom is 0.243 e. The van der Waals surface area contributed by atoms with Crippen LogP contribution in [0.5, 0.6) is 5.75 Å². The highest BCUT2D eigenvalue weighted by atomic mass is 35.5. The fraction of sp³-hybridized carbons (Fsp3) is 0.500. The van der Waals surface area contributed by atoms with Crippen LogP contribution >= 0.6 is 23.4 Å². The van der Waals surface area contributed by atoms with Crippen LogP contribution in [0.25, 0.3) is 0 Å². The maximum atomic E-state index is 13.0. The number of anilines is 2. The van der Waals surface area contributed by atoms with E-state index in [0.717, 1.165) is 39.8 Å². The van der Waals surface area contributed by atoms with Gasteiger partial charge in [-0.25, -0.2) is 12.7 Å².